The third-order valence-corrected chi connectivity index (χ3v) is 3.28. The van der Waals surface area contributed by atoms with Crippen molar-refractivity contribution >= 4 is 18.0 Å². The summed E-state index contributed by atoms with van der Waals surface area (Å²) in [6.45, 7) is 6.66. The number of methoxy groups -OCH3 is 1. The Balaban J connectivity index is 2.57. The lowest BCUT2D eigenvalue weighted by Gasteiger charge is -2.23. The van der Waals surface area contributed by atoms with Gasteiger partial charge in [0.05, 0.1) is 6.61 Å². The smallest absolute Gasteiger partial charge is 0.408 e. The minimum Gasteiger partial charge on any atom is -0.459 e. The maximum atomic E-state index is 12.3. The van der Waals surface area contributed by atoms with Crippen molar-refractivity contribution in [2.24, 2.45) is 0 Å². The highest BCUT2D eigenvalue weighted by Gasteiger charge is 2.26. The minimum absolute atomic E-state index is 0.0570. The summed E-state index contributed by atoms with van der Waals surface area (Å²) in [5, 5.41) is 4.93. The summed E-state index contributed by atoms with van der Waals surface area (Å²) < 4.78 is 15.3. The second kappa shape index (κ2) is 10.5. The molecule has 0 saturated carbocycles. The molecule has 2 amide bonds. The molecule has 2 atom stereocenters. The van der Waals surface area contributed by atoms with Crippen molar-refractivity contribution in [2.45, 2.75) is 52.0 Å². The summed E-state index contributed by atoms with van der Waals surface area (Å²) in [5.41, 5.74) is 0.147. The van der Waals surface area contributed by atoms with Gasteiger partial charge in [-0.05, 0) is 33.3 Å². The van der Waals surface area contributed by atoms with Crippen molar-refractivity contribution in [3.63, 3.8) is 0 Å². The molecule has 2 N–H and O–H groups in total. The second-order valence-corrected chi connectivity index (χ2v) is 6.98. The molecule has 0 heterocycles. The summed E-state index contributed by atoms with van der Waals surface area (Å²) in [6.07, 6.45) is -0.722. The van der Waals surface area contributed by atoms with E-state index in [1.54, 1.807) is 20.8 Å². The van der Waals surface area contributed by atoms with Gasteiger partial charge in [0.15, 0.2) is 6.04 Å². The van der Waals surface area contributed by atoms with Gasteiger partial charge < -0.3 is 24.8 Å². The summed E-state index contributed by atoms with van der Waals surface area (Å²) in [5.74, 6) is -1.18. The third kappa shape index (κ3) is 9.05. The van der Waals surface area contributed by atoms with Crippen LogP contribution in [0.3, 0.4) is 0 Å². The van der Waals surface area contributed by atoms with Gasteiger partial charge in [-0.25, -0.2) is 9.59 Å². The van der Waals surface area contributed by atoms with Crippen molar-refractivity contribution < 1.29 is 28.6 Å². The Morgan fingerprint density at radius 2 is 1.70 bits per heavy atom. The molecule has 2 unspecified atom stereocenters. The maximum Gasteiger partial charge on any atom is 0.408 e. The first kappa shape index (κ1) is 22.4. The Hall–Kier alpha value is -2.61. The van der Waals surface area contributed by atoms with Crippen LogP contribution in [-0.2, 0) is 30.4 Å². The molecule has 1 aromatic rings. The van der Waals surface area contributed by atoms with Crippen molar-refractivity contribution in [2.75, 3.05) is 13.7 Å². The lowest BCUT2D eigenvalue weighted by atomic mass is 10.2. The molecule has 27 heavy (non-hydrogen) atoms. The zero-order valence-corrected chi connectivity index (χ0v) is 16.4. The summed E-state index contributed by atoms with van der Waals surface area (Å²) in [7, 11) is 1.41. The van der Waals surface area contributed by atoms with Gasteiger partial charge >= 0.3 is 12.1 Å². The molecule has 1 aromatic carbocycles. The van der Waals surface area contributed by atoms with E-state index in [0.29, 0.717) is 0 Å². The Morgan fingerprint density at radius 3 is 2.26 bits per heavy atom. The summed E-state index contributed by atoms with van der Waals surface area (Å²) in [4.78, 5) is 36.3. The monoisotopic (exact) mass is 380 g/mol. The molecule has 0 aliphatic rings. The molecule has 1 rings (SSSR count). The highest BCUT2D eigenvalue weighted by molar-refractivity contribution is 5.89. The highest BCUT2D eigenvalue weighted by Crippen LogP contribution is 2.07. The van der Waals surface area contributed by atoms with Gasteiger partial charge in [-0.1, -0.05) is 30.3 Å². The van der Waals surface area contributed by atoms with Gasteiger partial charge in [0.25, 0.3) is 0 Å². The predicted octanol–water partition coefficient (Wildman–Crippen LogP) is 1.77. The molecule has 0 saturated heterocycles. The Morgan fingerprint density at radius 1 is 1.07 bits per heavy atom. The van der Waals surface area contributed by atoms with E-state index in [1.165, 1.54) is 14.0 Å². The fourth-order valence-corrected chi connectivity index (χ4v) is 2.01. The van der Waals surface area contributed by atoms with Crippen LogP contribution in [0.25, 0.3) is 0 Å². The molecular weight excluding hydrogens is 352 g/mol. The number of hydrogen-bond acceptors (Lipinski definition) is 6. The zero-order chi connectivity index (χ0) is 20.4. The van der Waals surface area contributed by atoms with Gasteiger partial charge in [0.2, 0.25) is 5.91 Å². The SMILES string of the molecule is COCC(NC(=O)C(C)NC(=O)OC(C)(C)C)C(=O)OCc1ccccc1. The predicted molar refractivity (Wildman–Crippen MR) is 98.9 cm³/mol. The Labute approximate surface area is 159 Å². The van der Waals surface area contributed by atoms with Crippen LogP contribution in [0.4, 0.5) is 4.79 Å². The number of benzene rings is 1. The average molecular weight is 380 g/mol. The largest absolute Gasteiger partial charge is 0.459 e. The number of alkyl carbamates (subject to hydrolysis) is 1. The van der Waals surface area contributed by atoms with E-state index < -0.39 is 35.7 Å². The van der Waals surface area contributed by atoms with Crippen LogP contribution < -0.4 is 10.6 Å². The number of ether oxygens (including phenoxy) is 3. The maximum absolute atomic E-state index is 12.3. The average Bonchev–Trinajstić information content (AvgIpc) is 2.58. The fourth-order valence-electron chi connectivity index (χ4n) is 2.01. The lowest BCUT2D eigenvalue weighted by Crippen LogP contribution is -2.52. The normalized spacial score (nSPS) is 13.2. The lowest BCUT2D eigenvalue weighted by molar-refractivity contribution is -0.150. The number of carbonyl (C=O) groups excluding carboxylic acids is 3. The van der Waals surface area contributed by atoms with E-state index in [2.05, 4.69) is 10.6 Å². The topological polar surface area (TPSA) is 103 Å². The third-order valence-electron chi connectivity index (χ3n) is 3.28. The first-order chi connectivity index (χ1) is 12.6. The summed E-state index contributed by atoms with van der Waals surface area (Å²) >= 11 is 0. The van der Waals surface area contributed by atoms with Crippen molar-refractivity contribution in [1.82, 2.24) is 10.6 Å². The molecule has 0 aromatic heterocycles. The summed E-state index contributed by atoms with van der Waals surface area (Å²) in [6, 6.07) is 7.28. The Bertz CT molecular complexity index is 627. The van der Waals surface area contributed by atoms with E-state index in [0.717, 1.165) is 5.56 Å². The zero-order valence-electron chi connectivity index (χ0n) is 16.4. The molecule has 0 bridgehead atoms. The Kier molecular flexibility index (Phi) is 8.74. The highest BCUT2D eigenvalue weighted by atomic mass is 16.6. The van der Waals surface area contributed by atoms with E-state index >= 15 is 0 Å². The van der Waals surface area contributed by atoms with Gasteiger partial charge in [-0.15, -0.1) is 0 Å². The number of hydrogen-bond donors (Lipinski definition) is 2. The van der Waals surface area contributed by atoms with E-state index in [-0.39, 0.29) is 13.2 Å². The van der Waals surface area contributed by atoms with Crippen LogP contribution in [0.5, 0.6) is 0 Å². The molecule has 0 aliphatic carbocycles. The molecule has 150 valence electrons. The number of amides is 2. The molecule has 0 fully saturated rings. The standard InChI is InChI=1S/C19H28N2O6/c1-13(20-18(24)27-19(2,3)4)16(22)21-15(12-25-5)17(23)26-11-14-9-7-6-8-10-14/h6-10,13,15H,11-12H2,1-5H3,(H,20,24)(H,21,22). The van der Waals surface area contributed by atoms with Gasteiger partial charge in [-0.3, -0.25) is 4.79 Å². The van der Waals surface area contributed by atoms with Crippen LogP contribution >= 0.6 is 0 Å². The second-order valence-electron chi connectivity index (χ2n) is 6.98. The number of nitrogens with one attached hydrogen (secondary N) is 2. The number of rotatable bonds is 8. The fraction of sp³-hybridized carbons (Fsp3) is 0.526. The molecule has 0 aliphatic heterocycles. The molecule has 8 heteroatoms. The molecule has 0 radical (unpaired) electrons. The first-order valence-electron chi connectivity index (χ1n) is 8.61. The first-order valence-corrected chi connectivity index (χ1v) is 8.61. The van der Waals surface area contributed by atoms with Gasteiger partial charge in [0, 0.05) is 7.11 Å². The quantitative estimate of drug-likeness (QED) is 0.667. The molecule has 8 nitrogen and oxygen atoms in total. The minimum atomic E-state index is -0.992. The van der Waals surface area contributed by atoms with Crippen LogP contribution in [-0.4, -0.2) is 49.4 Å². The van der Waals surface area contributed by atoms with Crippen LogP contribution in [0, 0.1) is 0 Å². The van der Waals surface area contributed by atoms with Crippen molar-refractivity contribution in [1.29, 1.82) is 0 Å². The van der Waals surface area contributed by atoms with Crippen LogP contribution in [0.2, 0.25) is 0 Å². The molecular formula is C19H28N2O6. The van der Waals surface area contributed by atoms with Crippen LogP contribution in [0.15, 0.2) is 30.3 Å². The van der Waals surface area contributed by atoms with E-state index in [9.17, 15) is 14.4 Å². The van der Waals surface area contributed by atoms with E-state index in [4.69, 9.17) is 14.2 Å². The van der Waals surface area contributed by atoms with Gasteiger partial charge in [0.1, 0.15) is 18.2 Å². The molecule has 0 spiro atoms. The van der Waals surface area contributed by atoms with Crippen LogP contribution in [0.1, 0.15) is 33.3 Å². The number of esters is 1. The van der Waals surface area contributed by atoms with Crippen molar-refractivity contribution in [3.8, 4) is 0 Å². The van der Waals surface area contributed by atoms with Crippen molar-refractivity contribution in [3.05, 3.63) is 35.9 Å². The van der Waals surface area contributed by atoms with Gasteiger partial charge in [-0.2, -0.15) is 0 Å². The number of carbonyl (C=O) groups is 3. The van der Waals surface area contributed by atoms with E-state index in [1.807, 2.05) is 30.3 Å².